The van der Waals surface area contributed by atoms with Gasteiger partial charge in [0.05, 0.1) is 0 Å². The lowest BCUT2D eigenvalue weighted by Gasteiger charge is -2.23. The lowest BCUT2D eigenvalue weighted by Crippen LogP contribution is -2.53. The second kappa shape index (κ2) is 19.9. The maximum atomic E-state index is 13.6. The zero-order valence-electron chi connectivity index (χ0n) is 28.0. The Morgan fingerprint density at radius 2 is 1.60 bits per heavy atom. The van der Waals surface area contributed by atoms with E-state index < -0.39 is 23.9 Å². The second-order valence-electron chi connectivity index (χ2n) is 12.0. The molecule has 48 heavy (non-hydrogen) atoms. The van der Waals surface area contributed by atoms with E-state index >= 15 is 0 Å². The number of hydrogen-bond acceptors (Lipinski definition) is 8. The van der Waals surface area contributed by atoms with Crippen LogP contribution < -0.4 is 21.7 Å². The molecule has 5 N–H and O–H groups in total. The van der Waals surface area contributed by atoms with Crippen molar-refractivity contribution in [1.82, 2.24) is 15.5 Å². The van der Waals surface area contributed by atoms with Gasteiger partial charge in [-0.2, -0.15) is 0 Å². The Hall–Kier alpha value is -4.58. The highest BCUT2D eigenvalue weighted by Gasteiger charge is 2.36. The minimum absolute atomic E-state index is 0.113. The quantitative estimate of drug-likeness (QED) is 0.0947. The second-order valence-corrected chi connectivity index (χ2v) is 12.0. The zero-order valence-corrected chi connectivity index (χ0v) is 28.0. The van der Waals surface area contributed by atoms with Crippen molar-refractivity contribution in [2.75, 3.05) is 18.4 Å². The van der Waals surface area contributed by atoms with Crippen LogP contribution in [0.5, 0.6) is 0 Å². The summed E-state index contributed by atoms with van der Waals surface area (Å²) in [5.74, 6) is -2.00. The number of carbonyl (C=O) groups is 6. The topological polar surface area (TPSA) is 177 Å². The largest absolute Gasteiger partial charge is 0.461 e. The third kappa shape index (κ3) is 12.2. The Labute approximate surface area is 282 Å². The number of anilines is 1. The molecule has 1 aliphatic heterocycles. The lowest BCUT2D eigenvalue weighted by molar-refractivity contribution is -0.144. The molecule has 0 bridgehead atoms. The monoisotopic (exact) mass is 663 g/mol. The fourth-order valence-corrected chi connectivity index (χ4v) is 5.41. The fourth-order valence-electron chi connectivity index (χ4n) is 5.41. The molecular formula is C36H49N5O7. The van der Waals surface area contributed by atoms with Crippen molar-refractivity contribution < 1.29 is 33.5 Å². The molecule has 0 saturated carbocycles. The van der Waals surface area contributed by atoms with Gasteiger partial charge in [-0.15, -0.1) is 0 Å². The van der Waals surface area contributed by atoms with Crippen molar-refractivity contribution in [2.45, 2.75) is 96.7 Å². The fraction of sp³-hybridized carbons (Fsp3) is 0.500. The molecule has 0 spiro atoms. The highest BCUT2D eigenvalue weighted by atomic mass is 16.5. The molecule has 12 nitrogen and oxygen atoms in total. The molecule has 0 radical (unpaired) electrons. The number of imide groups is 1. The number of esters is 1. The molecule has 0 aromatic heterocycles. The van der Waals surface area contributed by atoms with Crippen LogP contribution in [0.15, 0.2) is 54.6 Å². The van der Waals surface area contributed by atoms with E-state index in [0.717, 1.165) is 11.1 Å². The standard InChI is InChI=1S/C36H49N5O7/c1-3-27-23-32(43)41(36(27)47)21-10-6-9-15-31(42)39-30(22-25-12-7-5-8-13-25)35(46)40-29(14-11-20-37)34(45)38-28-18-16-26(17-19-28)24-48-33(44)4-2/h5,7-8,12-13,16-19,27,29-30H,3-4,6,9-11,14-15,20-24,37H2,1-2H3,(H,38,45)(H,39,42)(H,40,46)/t27?,29-,30-/m0/s1. The first-order valence-electron chi connectivity index (χ1n) is 16.9. The molecule has 260 valence electrons. The number of likely N-dealkylation sites (tertiary alicyclic amines) is 1. The Balaban J connectivity index is 1.57. The minimum atomic E-state index is -0.927. The van der Waals surface area contributed by atoms with E-state index in [1.54, 1.807) is 31.2 Å². The van der Waals surface area contributed by atoms with Crippen LogP contribution in [0.25, 0.3) is 0 Å². The maximum absolute atomic E-state index is 13.6. The van der Waals surface area contributed by atoms with E-state index in [-0.39, 0.29) is 61.9 Å². The summed E-state index contributed by atoms with van der Waals surface area (Å²) in [7, 11) is 0. The molecule has 12 heteroatoms. The van der Waals surface area contributed by atoms with Crippen molar-refractivity contribution in [3.8, 4) is 0 Å². The molecule has 3 rings (SSSR count). The van der Waals surface area contributed by atoms with Crippen molar-refractivity contribution in [2.24, 2.45) is 11.7 Å². The summed E-state index contributed by atoms with van der Waals surface area (Å²) >= 11 is 0. The summed E-state index contributed by atoms with van der Waals surface area (Å²) in [6.45, 7) is 4.42. The molecule has 1 saturated heterocycles. The number of nitrogens with one attached hydrogen (secondary N) is 3. The third-order valence-electron chi connectivity index (χ3n) is 8.29. The van der Waals surface area contributed by atoms with Gasteiger partial charge in [-0.1, -0.05) is 62.7 Å². The number of carbonyl (C=O) groups excluding carboxylic acids is 6. The van der Waals surface area contributed by atoms with Gasteiger partial charge in [0, 0.05) is 43.8 Å². The smallest absolute Gasteiger partial charge is 0.305 e. The minimum Gasteiger partial charge on any atom is -0.461 e. The number of ether oxygens (including phenoxy) is 1. The molecule has 1 unspecified atom stereocenters. The van der Waals surface area contributed by atoms with Gasteiger partial charge in [0.2, 0.25) is 29.5 Å². The Kier molecular flexibility index (Phi) is 15.7. The highest BCUT2D eigenvalue weighted by Crippen LogP contribution is 2.23. The van der Waals surface area contributed by atoms with Crippen molar-refractivity contribution in [3.05, 3.63) is 65.7 Å². The number of rotatable bonds is 20. The van der Waals surface area contributed by atoms with Gasteiger partial charge in [0.25, 0.3) is 0 Å². The predicted octanol–water partition coefficient (Wildman–Crippen LogP) is 3.38. The number of nitrogens with zero attached hydrogens (tertiary/aromatic N) is 1. The number of nitrogens with two attached hydrogens (primary N) is 1. The molecule has 2 aromatic rings. The average Bonchev–Trinajstić information content (AvgIpc) is 3.37. The van der Waals surface area contributed by atoms with E-state index in [0.29, 0.717) is 57.3 Å². The van der Waals surface area contributed by atoms with Crippen molar-refractivity contribution >= 4 is 41.2 Å². The first-order valence-corrected chi connectivity index (χ1v) is 16.9. The molecule has 0 aliphatic carbocycles. The number of benzene rings is 2. The van der Waals surface area contributed by atoms with E-state index in [1.165, 1.54) is 4.90 Å². The summed E-state index contributed by atoms with van der Waals surface area (Å²) in [6.07, 6.45) is 4.15. The van der Waals surface area contributed by atoms with Gasteiger partial charge in [-0.25, -0.2) is 0 Å². The molecule has 5 amide bonds. The van der Waals surface area contributed by atoms with Crippen LogP contribution in [0.2, 0.25) is 0 Å². The van der Waals surface area contributed by atoms with Crippen LogP contribution in [0, 0.1) is 5.92 Å². The Bertz CT molecular complexity index is 1380. The molecular weight excluding hydrogens is 614 g/mol. The summed E-state index contributed by atoms with van der Waals surface area (Å²) in [6, 6.07) is 14.3. The van der Waals surface area contributed by atoms with Crippen LogP contribution in [0.4, 0.5) is 5.69 Å². The maximum Gasteiger partial charge on any atom is 0.305 e. The van der Waals surface area contributed by atoms with Gasteiger partial charge in [0.15, 0.2) is 0 Å². The number of amides is 5. The van der Waals surface area contributed by atoms with Gasteiger partial charge in [-0.3, -0.25) is 33.7 Å². The van der Waals surface area contributed by atoms with Crippen LogP contribution in [0.1, 0.15) is 82.8 Å². The summed E-state index contributed by atoms with van der Waals surface area (Å²) in [5.41, 5.74) is 7.84. The van der Waals surface area contributed by atoms with E-state index in [4.69, 9.17) is 10.5 Å². The third-order valence-corrected chi connectivity index (χ3v) is 8.29. The van der Waals surface area contributed by atoms with Crippen LogP contribution in [-0.2, 0) is 46.5 Å². The molecule has 1 fully saturated rings. The number of hydrogen-bond donors (Lipinski definition) is 4. The number of unbranched alkanes of at least 4 members (excludes halogenated alkanes) is 2. The van der Waals surface area contributed by atoms with Crippen LogP contribution in [0.3, 0.4) is 0 Å². The van der Waals surface area contributed by atoms with Gasteiger partial charge < -0.3 is 26.4 Å². The van der Waals surface area contributed by atoms with E-state index in [2.05, 4.69) is 16.0 Å². The molecule has 1 aliphatic rings. The van der Waals surface area contributed by atoms with Crippen LogP contribution in [-0.4, -0.2) is 65.6 Å². The molecule has 3 atom stereocenters. The highest BCUT2D eigenvalue weighted by molar-refractivity contribution is 6.03. The van der Waals surface area contributed by atoms with Gasteiger partial charge >= 0.3 is 5.97 Å². The summed E-state index contributed by atoms with van der Waals surface area (Å²) in [5, 5.41) is 8.49. The van der Waals surface area contributed by atoms with Crippen molar-refractivity contribution in [1.29, 1.82) is 0 Å². The molecule has 2 aromatic carbocycles. The first-order chi connectivity index (χ1) is 23.1. The lowest BCUT2D eigenvalue weighted by atomic mass is 10.0. The van der Waals surface area contributed by atoms with Crippen molar-refractivity contribution in [3.63, 3.8) is 0 Å². The van der Waals surface area contributed by atoms with Gasteiger partial charge in [-0.05, 0) is 61.9 Å². The predicted molar refractivity (Wildman–Crippen MR) is 181 cm³/mol. The Morgan fingerprint density at radius 1 is 0.875 bits per heavy atom. The Morgan fingerprint density at radius 3 is 2.25 bits per heavy atom. The summed E-state index contributed by atoms with van der Waals surface area (Å²) < 4.78 is 5.14. The van der Waals surface area contributed by atoms with E-state index in [1.807, 2.05) is 37.3 Å². The zero-order chi connectivity index (χ0) is 34.9. The molecule has 1 heterocycles. The first kappa shape index (κ1) is 37.9. The van der Waals surface area contributed by atoms with Gasteiger partial charge in [0.1, 0.15) is 18.7 Å². The SMILES string of the molecule is CCC(=O)OCc1ccc(NC(=O)[C@H](CCCN)NC(=O)[C@H](Cc2ccccc2)NC(=O)CCCCCN2C(=O)CC(CC)C2=O)cc1. The average molecular weight is 664 g/mol. The van der Waals surface area contributed by atoms with E-state index in [9.17, 15) is 28.8 Å². The summed E-state index contributed by atoms with van der Waals surface area (Å²) in [4.78, 5) is 77.1. The van der Waals surface area contributed by atoms with Crippen LogP contribution >= 0.6 is 0 Å². The normalized spacial score (nSPS) is 15.5.